The van der Waals surface area contributed by atoms with Crippen LogP contribution in [0.1, 0.15) is 33.1 Å². The Hall–Kier alpha value is -0.0800. The fourth-order valence-corrected chi connectivity index (χ4v) is 1.77. The number of aliphatic hydroxyl groups is 1. The molecule has 2 nitrogen and oxygen atoms in total. The van der Waals surface area contributed by atoms with E-state index in [-0.39, 0.29) is 6.10 Å². The van der Waals surface area contributed by atoms with E-state index in [1.54, 1.807) is 0 Å². The Balaban J connectivity index is 2.22. The van der Waals surface area contributed by atoms with Gasteiger partial charge in [-0.1, -0.05) is 20.3 Å². The third-order valence-corrected chi connectivity index (χ3v) is 2.75. The molecule has 2 heteroatoms. The molecule has 2 unspecified atom stereocenters. The number of piperidine rings is 1. The van der Waals surface area contributed by atoms with Gasteiger partial charge in [0.15, 0.2) is 0 Å². The van der Waals surface area contributed by atoms with Crippen LogP contribution >= 0.6 is 0 Å². The largest absolute Gasteiger partial charge is 0.392 e. The summed E-state index contributed by atoms with van der Waals surface area (Å²) in [4.78, 5) is 2.39. The summed E-state index contributed by atoms with van der Waals surface area (Å²) >= 11 is 0. The number of likely N-dealkylation sites (tertiary alicyclic amines) is 1. The van der Waals surface area contributed by atoms with Gasteiger partial charge in [0.2, 0.25) is 0 Å². The summed E-state index contributed by atoms with van der Waals surface area (Å²) in [7, 11) is 0. The number of nitrogens with zero attached hydrogens (tertiary/aromatic N) is 1. The van der Waals surface area contributed by atoms with Gasteiger partial charge in [0.25, 0.3) is 0 Å². The summed E-state index contributed by atoms with van der Waals surface area (Å²) in [6.45, 7) is 7.74. The van der Waals surface area contributed by atoms with Gasteiger partial charge in [-0.15, -0.1) is 0 Å². The van der Waals surface area contributed by atoms with Gasteiger partial charge in [0.05, 0.1) is 6.10 Å². The SMILES string of the molecule is CCC(C)CN1CCCC(O)C1. The zero-order valence-electron chi connectivity index (χ0n) is 8.29. The van der Waals surface area contributed by atoms with Crippen LogP contribution in [0.3, 0.4) is 0 Å². The van der Waals surface area contributed by atoms with Gasteiger partial charge in [0, 0.05) is 13.1 Å². The van der Waals surface area contributed by atoms with Crippen molar-refractivity contribution in [2.45, 2.75) is 39.2 Å². The molecule has 1 rings (SSSR count). The summed E-state index contributed by atoms with van der Waals surface area (Å²) in [5, 5.41) is 9.42. The highest BCUT2D eigenvalue weighted by Crippen LogP contribution is 2.12. The number of hydrogen-bond donors (Lipinski definition) is 1. The first-order valence-corrected chi connectivity index (χ1v) is 5.12. The highest BCUT2D eigenvalue weighted by molar-refractivity contribution is 4.72. The van der Waals surface area contributed by atoms with Crippen molar-refractivity contribution in [2.75, 3.05) is 19.6 Å². The Bertz CT molecular complexity index is 127. The molecule has 12 heavy (non-hydrogen) atoms. The topological polar surface area (TPSA) is 23.5 Å². The normalized spacial score (nSPS) is 28.8. The number of β-amino-alcohol motifs (C(OH)–C–C–N with tert-alkyl or cyclic N) is 1. The molecular formula is C10H21NO. The molecule has 2 atom stereocenters. The first-order chi connectivity index (χ1) is 5.72. The molecule has 0 amide bonds. The molecule has 0 aromatic rings. The van der Waals surface area contributed by atoms with Crippen LogP contribution in [0.4, 0.5) is 0 Å². The average Bonchev–Trinajstić information content (AvgIpc) is 2.04. The smallest absolute Gasteiger partial charge is 0.0667 e. The summed E-state index contributed by atoms with van der Waals surface area (Å²) in [5.74, 6) is 0.773. The molecule has 72 valence electrons. The highest BCUT2D eigenvalue weighted by Gasteiger charge is 2.18. The van der Waals surface area contributed by atoms with E-state index < -0.39 is 0 Å². The Morgan fingerprint density at radius 3 is 2.92 bits per heavy atom. The van der Waals surface area contributed by atoms with Crippen LogP contribution in [0.5, 0.6) is 0 Å². The Morgan fingerprint density at radius 1 is 1.58 bits per heavy atom. The van der Waals surface area contributed by atoms with Crippen molar-refractivity contribution in [1.82, 2.24) is 4.90 Å². The third-order valence-electron chi connectivity index (χ3n) is 2.75. The minimum Gasteiger partial charge on any atom is -0.392 e. The molecule has 1 saturated heterocycles. The monoisotopic (exact) mass is 171 g/mol. The first kappa shape index (κ1) is 10.0. The van der Waals surface area contributed by atoms with Crippen LogP contribution in [-0.2, 0) is 0 Å². The molecule has 0 aromatic carbocycles. The second-order valence-corrected chi connectivity index (χ2v) is 4.07. The quantitative estimate of drug-likeness (QED) is 0.695. The lowest BCUT2D eigenvalue weighted by molar-refractivity contribution is 0.0632. The Labute approximate surface area is 75.6 Å². The molecular weight excluding hydrogens is 150 g/mol. The first-order valence-electron chi connectivity index (χ1n) is 5.12. The molecule has 1 heterocycles. The molecule has 0 saturated carbocycles. The van der Waals surface area contributed by atoms with Crippen LogP contribution in [0.15, 0.2) is 0 Å². The lowest BCUT2D eigenvalue weighted by Crippen LogP contribution is -2.40. The molecule has 1 aliphatic heterocycles. The van der Waals surface area contributed by atoms with Gasteiger partial charge in [-0.3, -0.25) is 0 Å². The minimum absolute atomic E-state index is 0.0668. The van der Waals surface area contributed by atoms with E-state index in [2.05, 4.69) is 18.7 Å². The van der Waals surface area contributed by atoms with Gasteiger partial charge in [-0.25, -0.2) is 0 Å². The van der Waals surface area contributed by atoms with Crippen LogP contribution in [0.25, 0.3) is 0 Å². The van der Waals surface area contributed by atoms with E-state index >= 15 is 0 Å². The number of rotatable bonds is 3. The molecule has 0 bridgehead atoms. The number of hydrogen-bond acceptors (Lipinski definition) is 2. The molecule has 0 aliphatic carbocycles. The predicted molar refractivity (Wildman–Crippen MR) is 51.1 cm³/mol. The molecule has 1 aliphatic rings. The Morgan fingerprint density at radius 2 is 2.33 bits per heavy atom. The molecule has 0 radical (unpaired) electrons. The summed E-state index contributed by atoms with van der Waals surface area (Å²) in [6.07, 6.45) is 3.34. The molecule has 1 N–H and O–H groups in total. The molecule has 0 spiro atoms. The van der Waals surface area contributed by atoms with E-state index in [4.69, 9.17) is 0 Å². The van der Waals surface area contributed by atoms with Gasteiger partial charge in [-0.2, -0.15) is 0 Å². The average molecular weight is 171 g/mol. The second kappa shape index (κ2) is 4.83. The maximum atomic E-state index is 9.42. The van der Waals surface area contributed by atoms with Crippen molar-refractivity contribution >= 4 is 0 Å². The van der Waals surface area contributed by atoms with Crippen molar-refractivity contribution in [2.24, 2.45) is 5.92 Å². The van der Waals surface area contributed by atoms with Crippen molar-refractivity contribution in [3.63, 3.8) is 0 Å². The predicted octanol–water partition coefficient (Wildman–Crippen LogP) is 1.49. The van der Waals surface area contributed by atoms with Crippen LogP contribution in [0.2, 0.25) is 0 Å². The standard InChI is InChI=1S/C10H21NO/c1-3-9(2)7-11-6-4-5-10(12)8-11/h9-10,12H,3-8H2,1-2H3. The van der Waals surface area contributed by atoms with Crippen LogP contribution in [-0.4, -0.2) is 35.7 Å². The Kier molecular flexibility index (Phi) is 4.02. The van der Waals surface area contributed by atoms with Crippen LogP contribution < -0.4 is 0 Å². The van der Waals surface area contributed by atoms with Crippen LogP contribution in [0, 0.1) is 5.92 Å². The molecule has 0 aromatic heterocycles. The van der Waals surface area contributed by atoms with E-state index in [9.17, 15) is 5.11 Å². The lowest BCUT2D eigenvalue weighted by atomic mass is 10.0. The van der Waals surface area contributed by atoms with Crippen molar-refractivity contribution in [3.8, 4) is 0 Å². The van der Waals surface area contributed by atoms with E-state index in [1.807, 2.05) is 0 Å². The summed E-state index contributed by atoms with van der Waals surface area (Å²) < 4.78 is 0. The number of aliphatic hydroxyl groups excluding tert-OH is 1. The van der Waals surface area contributed by atoms with Gasteiger partial charge >= 0.3 is 0 Å². The van der Waals surface area contributed by atoms with Crippen molar-refractivity contribution < 1.29 is 5.11 Å². The van der Waals surface area contributed by atoms with E-state index in [0.717, 1.165) is 31.8 Å². The minimum atomic E-state index is -0.0668. The maximum absolute atomic E-state index is 9.42. The zero-order valence-corrected chi connectivity index (χ0v) is 8.29. The van der Waals surface area contributed by atoms with E-state index in [0.29, 0.717) is 0 Å². The summed E-state index contributed by atoms with van der Waals surface area (Å²) in [5.41, 5.74) is 0. The lowest BCUT2D eigenvalue weighted by Gasteiger charge is -2.31. The van der Waals surface area contributed by atoms with E-state index in [1.165, 1.54) is 13.0 Å². The maximum Gasteiger partial charge on any atom is 0.0667 e. The fraction of sp³-hybridized carbons (Fsp3) is 1.00. The zero-order chi connectivity index (χ0) is 8.97. The van der Waals surface area contributed by atoms with Gasteiger partial charge in [-0.05, 0) is 25.3 Å². The van der Waals surface area contributed by atoms with Gasteiger partial charge in [0.1, 0.15) is 0 Å². The van der Waals surface area contributed by atoms with Gasteiger partial charge < -0.3 is 10.0 Å². The highest BCUT2D eigenvalue weighted by atomic mass is 16.3. The second-order valence-electron chi connectivity index (χ2n) is 4.07. The van der Waals surface area contributed by atoms with Crippen molar-refractivity contribution in [3.05, 3.63) is 0 Å². The van der Waals surface area contributed by atoms with Crippen molar-refractivity contribution in [1.29, 1.82) is 0 Å². The molecule has 1 fully saturated rings. The third kappa shape index (κ3) is 3.11. The fourth-order valence-electron chi connectivity index (χ4n) is 1.77. The summed E-state index contributed by atoms with van der Waals surface area (Å²) in [6, 6.07) is 0.